The van der Waals surface area contributed by atoms with E-state index < -0.39 is 11.6 Å². The first-order valence-electron chi connectivity index (χ1n) is 8.90. The van der Waals surface area contributed by atoms with E-state index in [9.17, 15) is 13.6 Å². The molecule has 1 aromatic carbocycles. The maximum atomic E-state index is 13.9. The van der Waals surface area contributed by atoms with Crippen LogP contribution in [0.15, 0.2) is 18.2 Å². The van der Waals surface area contributed by atoms with Gasteiger partial charge in [0.25, 0.3) is 5.91 Å². The Bertz CT molecular complexity index is 724. The molecule has 0 aliphatic rings. The summed E-state index contributed by atoms with van der Waals surface area (Å²) in [5.41, 5.74) is 0.298. The average Bonchev–Trinajstić information content (AvgIpc) is 2.99. The van der Waals surface area contributed by atoms with E-state index >= 15 is 0 Å². The highest BCUT2D eigenvalue weighted by Crippen LogP contribution is 2.31. The molecular formula is C19H25F2N3OS. The largest absolute Gasteiger partial charge is 0.351 e. The number of benzene rings is 1. The quantitative estimate of drug-likeness (QED) is 0.661. The zero-order valence-corrected chi connectivity index (χ0v) is 16.3. The summed E-state index contributed by atoms with van der Waals surface area (Å²) >= 11 is 1.01. The number of hydrogen-bond acceptors (Lipinski definition) is 4. The summed E-state index contributed by atoms with van der Waals surface area (Å²) in [6.45, 7) is 9.58. The Morgan fingerprint density at radius 1 is 1.19 bits per heavy atom. The lowest BCUT2D eigenvalue weighted by Gasteiger charge is -2.17. The summed E-state index contributed by atoms with van der Waals surface area (Å²) in [7, 11) is 0. The lowest BCUT2D eigenvalue weighted by atomic mass is 10.2. The topological polar surface area (TPSA) is 45.2 Å². The molecule has 0 aliphatic heterocycles. The molecular weight excluding hydrogens is 356 g/mol. The van der Waals surface area contributed by atoms with Crippen molar-refractivity contribution in [3.63, 3.8) is 0 Å². The molecule has 0 unspecified atom stereocenters. The number of nitrogens with zero attached hydrogens (tertiary/aromatic N) is 2. The minimum atomic E-state index is -0.679. The first kappa shape index (κ1) is 20.5. The molecule has 0 saturated heterocycles. The maximum Gasteiger partial charge on any atom is 0.263 e. The molecule has 1 amide bonds. The molecule has 4 nitrogen and oxygen atoms in total. The second kappa shape index (κ2) is 9.73. The van der Waals surface area contributed by atoms with E-state index in [1.165, 1.54) is 18.2 Å². The second-order valence-electron chi connectivity index (χ2n) is 6.02. The van der Waals surface area contributed by atoms with Gasteiger partial charge in [0.15, 0.2) is 0 Å². The Morgan fingerprint density at radius 3 is 2.46 bits per heavy atom. The fourth-order valence-electron chi connectivity index (χ4n) is 2.70. The number of halogens is 2. The van der Waals surface area contributed by atoms with Gasteiger partial charge >= 0.3 is 0 Å². The Morgan fingerprint density at radius 2 is 1.85 bits per heavy atom. The van der Waals surface area contributed by atoms with Crippen LogP contribution in [0.2, 0.25) is 0 Å². The molecule has 2 aromatic rings. The van der Waals surface area contributed by atoms with Crippen LogP contribution in [0.3, 0.4) is 0 Å². The van der Waals surface area contributed by atoms with Gasteiger partial charge in [0.1, 0.15) is 21.5 Å². The summed E-state index contributed by atoms with van der Waals surface area (Å²) in [5.74, 6) is -1.60. The number of amides is 1. The highest BCUT2D eigenvalue weighted by molar-refractivity contribution is 7.17. The predicted molar refractivity (Wildman–Crippen MR) is 102 cm³/mol. The lowest BCUT2D eigenvalue weighted by molar-refractivity contribution is 0.0956. The van der Waals surface area contributed by atoms with Crippen molar-refractivity contribution in [1.29, 1.82) is 0 Å². The van der Waals surface area contributed by atoms with E-state index in [1.54, 1.807) is 6.92 Å². The van der Waals surface area contributed by atoms with Crippen molar-refractivity contribution in [2.45, 2.75) is 33.6 Å². The number of thiazole rings is 1. The smallest absolute Gasteiger partial charge is 0.263 e. The summed E-state index contributed by atoms with van der Waals surface area (Å²) in [6.07, 6.45) is 1.89. The molecule has 0 radical (unpaired) electrons. The highest BCUT2D eigenvalue weighted by Gasteiger charge is 2.20. The summed E-state index contributed by atoms with van der Waals surface area (Å²) in [5, 5.41) is 3.05. The van der Waals surface area contributed by atoms with Crippen molar-refractivity contribution >= 4 is 17.2 Å². The van der Waals surface area contributed by atoms with Gasteiger partial charge in [0, 0.05) is 6.54 Å². The SMILES string of the molecule is CCN(CC)CCCCNC(=O)c1sc(-c2c(F)cccc2F)nc1C. The zero-order chi connectivity index (χ0) is 19.1. The third-order valence-electron chi connectivity index (χ3n) is 4.26. The zero-order valence-electron chi connectivity index (χ0n) is 15.4. The number of carbonyl (C=O) groups is 1. The fourth-order valence-corrected chi connectivity index (χ4v) is 3.73. The standard InChI is InChI=1S/C19H25F2N3OS/c1-4-24(5-2)12-7-6-11-22-18(25)17-13(3)23-19(26-17)16-14(20)9-8-10-15(16)21/h8-10H,4-7,11-12H2,1-3H3,(H,22,25). The van der Waals surface area contributed by atoms with Crippen LogP contribution >= 0.6 is 11.3 Å². The van der Waals surface area contributed by atoms with Crippen molar-refractivity contribution in [2.75, 3.05) is 26.2 Å². The lowest BCUT2D eigenvalue weighted by Crippen LogP contribution is -2.27. The van der Waals surface area contributed by atoms with Gasteiger partial charge in [-0.25, -0.2) is 13.8 Å². The number of unbranched alkanes of at least 4 members (excludes halogenated alkanes) is 1. The molecule has 26 heavy (non-hydrogen) atoms. The monoisotopic (exact) mass is 381 g/mol. The van der Waals surface area contributed by atoms with Gasteiger partial charge in [-0.1, -0.05) is 19.9 Å². The minimum Gasteiger partial charge on any atom is -0.351 e. The molecule has 2 rings (SSSR count). The van der Waals surface area contributed by atoms with E-state index in [0.717, 1.165) is 43.8 Å². The molecule has 0 atom stereocenters. The number of carbonyl (C=O) groups excluding carboxylic acids is 1. The Balaban J connectivity index is 1.95. The number of hydrogen-bond donors (Lipinski definition) is 1. The van der Waals surface area contributed by atoms with Crippen molar-refractivity contribution in [1.82, 2.24) is 15.2 Å². The van der Waals surface area contributed by atoms with Crippen LogP contribution in [-0.2, 0) is 0 Å². The average molecular weight is 381 g/mol. The van der Waals surface area contributed by atoms with Crippen LogP contribution in [0, 0.1) is 18.6 Å². The van der Waals surface area contributed by atoms with Gasteiger partial charge in [-0.15, -0.1) is 11.3 Å². The summed E-state index contributed by atoms with van der Waals surface area (Å²) in [4.78, 5) is 19.3. The molecule has 1 aromatic heterocycles. The third-order valence-corrected chi connectivity index (χ3v) is 5.43. The first-order valence-corrected chi connectivity index (χ1v) is 9.71. The van der Waals surface area contributed by atoms with Crippen LogP contribution in [0.4, 0.5) is 8.78 Å². The van der Waals surface area contributed by atoms with E-state index in [4.69, 9.17) is 0 Å². The summed E-state index contributed by atoms with van der Waals surface area (Å²) < 4.78 is 27.8. The fraction of sp³-hybridized carbons (Fsp3) is 0.474. The second-order valence-corrected chi connectivity index (χ2v) is 7.02. The maximum absolute atomic E-state index is 13.9. The molecule has 1 N–H and O–H groups in total. The molecule has 0 bridgehead atoms. The van der Waals surface area contributed by atoms with Crippen LogP contribution in [0.1, 0.15) is 42.1 Å². The predicted octanol–water partition coefficient (Wildman–Crippen LogP) is 4.25. The minimum absolute atomic E-state index is 0.182. The van der Waals surface area contributed by atoms with Crippen molar-refractivity contribution in [3.05, 3.63) is 40.4 Å². The van der Waals surface area contributed by atoms with Gasteiger partial charge in [0.2, 0.25) is 0 Å². The van der Waals surface area contributed by atoms with Gasteiger partial charge in [-0.05, 0) is 51.5 Å². The Hall–Kier alpha value is -1.86. The third kappa shape index (κ3) is 5.08. The van der Waals surface area contributed by atoms with Crippen molar-refractivity contribution in [3.8, 4) is 10.6 Å². The van der Waals surface area contributed by atoms with Crippen LogP contribution < -0.4 is 5.32 Å². The van der Waals surface area contributed by atoms with Crippen molar-refractivity contribution < 1.29 is 13.6 Å². The normalized spacial score (nSPS) is 11.2. The molecule has 0 fully saturated rings. The van der Waals surface area contributed by atoms with Gasteiger partial charge < -0.3 is 10.2 Å². The number of rotatable bonds is 9. The molecule has 0 saturated carbocycles. The van der Waals surface area contributed by atoms with Crippen LogP contribution in [0.25, 0.3) is 10.6 Å². The number of aromatic nitrogens is 1. The first-order chi connectivity index (χ1) is 12.5. The molecule has 0 spiro atoms. The summed E-state index contributed by atoms with van der Waals surface area (Å²) in [6, 6.07) is 3.68. The number of nitrogens with one attached hydrogen (secondary N) is 1. The van der Waals surface area contributed by atoms with E-state index in [2.05, 4.69) is 29.0 Å². The van der Waals surface area contributed by atoms with Gasteiger partial charge in [0.05, 0.1) is 11.3 Å². The van der Waals surface area contributed by atoms with Crippen molar-refractivity contribution in [2.24, 2.45) is 0 Å². The molecule has 142 valence electrons. The Labute approximate surface area is 157 Å². The van der Waals surface area contributed by atoms with E-state index in [1.807, 2.05) is 0 Å². The van der Waals surface area contributed by atoms with Gasteiger partial charge in [-0.3, -0.25) is 4.79 Å². The van der Waals surface area contributed by atoms with Gasteiger partial charge in [-0.2, -0.15) is 0 Å². The van der Waals surface area contributed by atoms with E-state index in [-0.39, 0.29) is 16.5 Å². The molecule has 1 heterocycles. The van der Waals surface area contributed by atoms with Crippen LogP contribution in [0.5, 0.6) is 0 Å². The van der Waals surface area contributed by atoms with E-state index in [0.29, 0.717) is 17.1 Å². The highest BCUT2D eigenvalue weighted by atomic mass is 32.1. The number of aryl methyl sites for hydroxylation is 1. The molecule has 0 aliphatic carbocycles. The van der Waals surface area contributed by atoms with Crippen LogP contribution in [-0.4, -0.2) is 42.0 Å². The Kier molecular flexibility index (Phi) is 7.66. The molecule has 7 heteroatoms.